The van der Waals surface area contributed by atoms with E-state index in [-0.39, 0.29) is 29.2 Å². The van der Waals surface area contributed by atoms with Gasteiger partial charge in [-0.05, 0) is 19.8 Å². The van der Waals surface area contributed by atoms with Crippen LogP contribution >= 0.6 is 0 Å². The van der Waals surface area contributed by atoms with Crippen molar-refractivity contribution in [1.29, 1.82) is 0 Å². The maximum atomic E-state index is 11.0. The number of hydrogen-bond acceptors (Lipinski definition) is 6. The van der Waals surface area contributed by atoms with Gasteiger partial charge in [-0.15, -0.1) is 0 Å². The maximum Gasteiger partial charge on any atom is 0.337 e. The summed E-state index contributed by atoms with van der Waals surface area (Å²) in [6.07, 6.45) is 2.64. The highest BCUT2D eigenvalue weighted by Gasteiger charge is 2.24. The van der Waals surface area contributed by atoms with Gasteiger partial charge < -0.3 is 15.2 Å². The monoisotopic (exact) mass is 281 g/mol. The molecule has 8 nitrogen and oxygen atoms in total. The van der Waals surface area contributed by atoms with Gasteiger partial charge >= 0.3 is 11.7 Å². The molecule has 1 aliphatic heterocycles. The van der Waals surface area contributed by atoms with Crippen molar-refractivity contribution in [3.63, 3.8) is 0 Å². The Balaban J connectivity index is 2.22. The summed E-state index contributed by atoms with van der Waals surface area (Å²) in [6, 6.07) is 1.04. The van der Waals surface area contributed by atoms with Gasteiger partial charge in [0.2, 0.25) is 5.82 Å². The SMILES string of the molecule is CC1CC(Nc2ncc(C(=O)O)cc2[N+](=O)[O-])CCO1. The summed E-state index contributed by atoms with van der Waals surface area (Å²) in [5.41, 5.74) is -0.536. The van der Waals surface area contributed by atoms with Crippen LogP contribution in [0.15, 0.2) is 12.3 Å². The van der Waals surface area contributed by atoms with Crippen LogP contribution in [0.2, 0.25) is 0 Å². The summed E-state index contributed by atoms with van der Waals surface area (Å²) in [5, 5.41) is 22.9. The Morgan fingerprint density at radius 2 is 2.40 bits per heavy atom. The molecule has 2 N–H and O–H groups in total. The molecule has 8 heteroatoms. The summed E-state index contributed by atoms with van der Waals surface area (Å²) in [5.74, 6) is -1.15. The fraction of sp³-hybridized carbons (Fsp3) is 0.500. The van der Waals surface area contributed by atoms with Gasteiger partial charge in [-0.2, -0.15) is 0 Å². The molecule has 0 aliphatic carbocycles. The zero-order chi connectivity index (χ0) is 14.7. The molecule has 0 spiro atoms. The van der Waals surface area contributed by atoms with Gasteiger partial charge in [-0.25, -0.2) is 9.78 Å². The zero-order valence-corrected chi connectivity index (χ0v) is 10.9. The van der Waals surface area contributed by atoms with Crippen LogP contribution in [0.3, 0.4) is 0 Å². The predicted octanol–water partition coefficient (Wildman–Crippen LogP) is 1.67. The van der Waals surface area contributed by atoms with E-state index in [4.69, 9.17) is 9.84 Å². The quantitative estimate of drug-likeness (QED) is 0.637. The van der Waals surface area contributed by atoms with Crippen molar-refractivity contribution in [3.05, 3.63) is 27.9 Å². The Bertz CT molecular complexity index is 534. The average Bonchev–Trinajstić information content (AvgIpc) is 2.38. The summed E-state index contributed by atoms with van der Waals surface area (Å²) in [4.78, 5) is 25.1. The van der Waals surface area contributed by atoms with Crippen molar-refractivity contribution in [3.8, 4) is 0 Å². The molecular formula is C12H15N3O5. The third-order valence-corrected chi connectivity index (χ3v) is 3.14. The van der Waals surface area contributed by atoms with Gasteiger partial charge in [-0.1, -0.05) is 0 Å². The smallest absolute Gasteiger partial charge is 0.337 e. The van der Waals surface area contributed by atoms with Crippen molar-refractivity contribution >= 4 is 17.5 Å². The van der Waals surface area contributed by atoms with Crippen molar-refractivity contribution in [2.24, 2.45) is 0 Å². The van der Waals surface area contributed by atoms with Gasteiger partial charge in [0.25, 0.3) is 0 Å². The molecule has 1 fully saturated rings. The van der Waals surface area contributed by atoms with Crippen LogP contribution in [-0.4, -0.2) is 39.7 Å². The van der Waals surface area contributed by atoms with Crippen molar-refractivity contribution < 1.29 is 19.6 Å². The standard InChI is InChI=1S/C12H15N3O5/c1-7-4-9(2-3-20-7)14-11-10(15(18)19)5-8(6-13-11)12(16)17/h5-7,9H,2-4H2,1H3,(H,13,14)(H,16,17). The van der Waals surface area contributed by atoms with Crippen LogP contribution in [0.4, 0.5) is 11.5 Å². The number of aromatic nitrogens is 1. The van der Waals surface area contributed by atoms with E-state index in [9.17, 15) is 14.9 Å². The molecule has 0 aromatic carbocycles. The highest BCUT2D eigenvalue weighted by molar-refractivity contribution is 5.88. The first-order valence-electron chi connectivity index (χ1n) is 6.23. The first-order valence-corrected chi connectivity index (χ1v) is 6.23. The Kier molecular flexibility index (Phi) is 4.14. The Morgan fingerprint density at radius 3 is 3.00 bits per heavy atom. The number of carboxylic acids is 1. The average molecular weight is 281 g/mol. The van der Waals surface area contributed by atoms with Crippen LogP contribution in [0, 0.1) is 10.1 Å². The number of nitrogens with one attached hydrogen (secondary N) is 1. The first kappa shape index (κ1) is 14.2. The molecule has 0 amide bonds. The first-order chi connectivity index (χ1) is 9.47. The number of carboxylic acid groups (broad SMARTS) is 1. The molecule has 2 atom stereocenters. The largest absolute Gasteiger partial charge is 0.478 e. The second-order valence-electron chi connectivity index (χ2n) is 4.70. The molecule has 1 aromatic heterocycles. The second kappa shape index (κ2) is 5.83. The van der Waals surface area contributed by atoms with Gasteiger partial charge in [0, 0.05) is 24.9 Å². The Morgan fingerprint density at radius 1 is 1.65 bits per heavy atom. The minimum atomic E-state index is -1.24. The summed E-state index contributed by atoms with van der Waals surface area (Å²) in [7, 11) is 0. The molecule has 20 heavy (non-hydrogen) atoms. The van der Waals surface area contributed by atoms with E-state index in [1.165, 1.54) is 0 Å². The van der Waals surface area contributed by atoms with E-state index in [2.05, 4.69) is 10.3 Å². The molecule has 0 radical (unpaired) electrons. The van der Waals surface area contributed by atoms with E-state index >= 15 is 0 Å². The van der Waals surface area contributed by atoms with Gasteiger partial charge in [0.15, 0.2) is 0 Å². The Labute approximate surface area is 114 Å². The molecule has 108 valence electrons. The van der Waals surface area contributed by atoms with Crippen LogP contribution in [0.1, 0.15) is 30.1 Å². The number of anilines is 1. The topological polar surface area (TPSA) is 115 Å². The fourth-order valence-electron chi connectivity index (χ4n) is 2.14. The van der Waals surface area contributed by atoms with E-state index in [0.717, 1.165) is 25.1 Å². The van der Waals surface area contributed by atoms with E-state index in [0.29, 0.717) is 6.61 Å². The highest BCUT2D eigenvalue weighted by Crippen LogP contribution is 2.26. The third-order valence-electron chi connectivity index (χ3n) is 3.14. The van der Waals surface area contributed by atoms with Crippen LogP contribution in [0.25, 0.3) is 0 Å². The van der Waals surface area contributed by atoms with Crippen molar-refractivity contribution in [2.75, 3.05) is 11.9 Å². The zero-order valence-electron chi connectivity index (χ0n) is 10.9. The van der Waals surface area contributed by atoms with Crippen LogP contribution in [-0.2, 0) is 4.74 Å². The lowest BCUT2D eigenvalue weighted by atomic mass is 10.0. The molecule has 2 heterocycles. The van der Waals surface area contributed by atoms with E-state index in [1.807, 2.05) is 6.92 Å². The van der Waals surface area contributed by atoms with Crippen molar-refractivity contribution in [1.82, 2.24) is 4.98 Å². The van der Waals surface area contributed by atoms with E-state index < -0.39 is 10.9 Å². The second-order valence-corrected chi connectivity index (χ2v) is 4.70. The number of nitro groups is 1. The molecule has 2 rings (SSSR count). The number of nitrogens with zero attached hydrogens (tertiary/aromatic N) is 2. The third kappa shape index (κ3) is 3.21. The van der Waals surface area contributed by atoms with Crippen molar-refractivity contribution in [2.45, 2.75) is 31.9 Å². The fourth-order valence-corrected chi connectivity index (χ4v) is 2.14. The minimum Gasteiger partial charge on any atom is -0.478 e. The van der Waals surface area contributed by atoms with E-state index in [1.54, 1.807) is 0 Å². The number of hydrogen-bond donors (Lipinski definition) is 2. The summed E-state index contributed by atoms with van der Waals surface area (Å²) in [6.45, 7) is 2.52. The number of ether oxygens (including phenoxy) is 1. The summed E-state index contributed by atoms with van der Waals surface area (Å²) >= 11 is 0. The van der Waals surface area contributed by atoms with Gasteiger partial charge in [-0.3, -0.25) is 10.1 Å². The van der Waals surface area contributed by atoms with Gasteiger partial charge in [0.1, 0.15) is 0 Å². The lowest BCUT2D eigenvalue weighted by Gasteiger charge is -2.28. The lowest BCUT2D eigenvalue weighted by Crippen LogP contribution is -2.33. The molecule has 1 aliphatic rings. The minimum absolute atomic E-state index is 0.0284. The number of aromatic carboxylic acids is 1. The number of rotatable bonds is 4. The highest BCUT2D eigenvalue weighted by atomic mass is 16.6. The predicted molar refractivity (Wildman–Crippen MR) is 69.9 cm³/mol. The molecule has 0 saturated carbocycles. The molecular weight excluding hydrogens is 266 g/mol. The normalized spacial score (nSPS) is 22.2. The molecule has 1 saturated heterocycles. The number of pyridine rings is 1. The number of carbonyl (C=O) groups is 1. The molecule has 1 aromatic rings. The van der Waals surface area contributed by atoms with Gasteiger partial charge in [0.05, 0.1) is 16.6 Å². The maximum absolute atomic E-state index is 11.0. The summed E-state index contributed by atoms with van der Waals surface area (Å²) < 4.78 is 5.40. The lowest BCUT2D eigenvalue weighted by molar-refractivity contribution is -0.384. The molecule has 2 unspecified atom stereocenters. The Hall–Kier alpha value is -2.22. The van der Waals surface area contributed by atoms with Crippen LogP contribution < -0.4 is 5.32 Å². The molecule has 0 bridgehead atoms. The van der Waals surface area contributed by atoms with Crippen LogP contribution in [0.5, 0.6) is 0 Å².